The van der Waals surface area contributed by atoms with Crippen molar-refractivity contribution < 1.29 is 4.79 Å². The van der Waals surface area contributed by atoms with Gasteiger partial charge in [-0.2, -0.15) is 0 Å². The van der Waals surface area contributed by atoms with E-state index in [0.717, 1.165) is 23.4 Å². The molecule has 2 N–H and O–H groups in total. The maximum absolute atomic E-state index is 12.3. The van der Waals surface area contributed by atoms with Crippen molar-refractivity contribution in [3.05, 3.63) is 60.2 Å². The van der Waals surface area contributed by atoms with E-state index >= 15 is 0 Å². The van der Waals surface area contributed by atoms with Crippen LogP contribution in [0.4, 0.5) is 11.4 Å². The first-order valence-electron chi connectivity index (χ1n) is 6.90. The third-order valence-corrected chi connectivity index (χ3v) is 3.29. The Hall–Kier alpha value is -2.29. The number of rotatable bonds is 5. The van der Waals surface area contributed by atoms with Crippen LogP contribution in [0.15, 0.2) is 54.6 Å². The number of carbonyl (C=O) groups is 1. The Morgan fingerprint density at radius 1 is 1.05 bits per heavy atom. The predicted octanol–water partition coefficient (Wildman–Crippen LogP) is 3.25. The van der Waals surface area contributed by atoms with Crippen LogP contribution in [0.5, 0.6) is 0 Å². The van der Waals surface area contributed by atoms with Crippen molar-refractivity contribution >= 4 is 17.3 Å². The van der Waals surface area contributed by atoms with Gasteiger partial charge in [0, 0.05) is 24.3 Å². The van der Waals surface area contributed by atoms with Crippen LogP contribution in [0.2, 0.25) is 0 Å². The molecule has 0 aliphatic heterocycles. The maximum Gasteiger partial charge on any atom is 0.227 e. The lowest BCUT2D eigenvalue weighted by molar-refractivity contribution is -0.118. The van der Waals surface area contributed by atoms with E-state index in [1.165, 1.54) is 0 Å². The summed E-state index contributed by atoms with van der Waals surface area (Å²) in [5.74, 6) is 0.149. The van der Waals surface area contributed by atoms with E-state index in [1.54, 1.807) is 0 Å². The van der Waals surface area contributed by atoms with Crippen molar-refractivity contribution in [1.29, 1.82) is 0 Å². The van der Waals surface area contributed by atoms with Crippen LogP contribution < -0.4 is 10.6 Å². The maximum atomic E-state index is 12.3. The molecule has 0 fully saturated rings. The second-order valence-corrected chi connectivity index (χ2v) is 4.72. The largest absolute Gasteiger partial charge is 0.399 e. The Kier molecular flexibility index (Phi) is 4.77. The average Bonchev–Trinajstić information content (AvgIpc) is 2.48. The van der Waals surface area contributed by atoms with Crippen molar-refractivity contribution in [1.82, 2.24) is 0 Å². The van der Waals surface area contributed by atoms with E-state index in [4.69, 9.17) is 5.73 Å². The van der Waals surface area contributed by atoms with Gasteiger partial charge in [-0.1, -0.05) is 30.3 Å². The minimum Gasteiger partial charge on any atom is -0.399 e. The third kappa shape index (κ3) is 3.60. The molecule has 3 heteroatoms. The zero-order valence-corrected chi connectivity index (χ0v) is 11.8. The van der Waals surface area contributed by atoms with Gasteiger partial charge in [0.05, 0.1) is 0 Å². The Balaban J connectivity index is 1.98. The van der Waals surface area contributed by atoms with Gasteiger partial charge < -0.3 is 10.6 Å². The number of hydrogen-bond acceptors (Lipinski definition) is 2. The first-order valence-corrected chi connectivity index (χ1v) is 6.90. The molecular weight excluding hydrogens is 248 g/mol. The highest BCUT2D eigenvalue weighted by Gasteiger charge is 2.13. The summed E-state index contributed by atoms with van der Waals surface area (Å²) in [4.78, 5) is 14.1. The minimum absolute atomic E-state index is 0.149. The van der Waals surface area contributed by atoms with E-state index in [0.29, 0.717) is 13.0 Å². The lowest BCUT2D eigenvalue weighted by Gasteiger charge is -2.21. The van der Waals surface area contributed by atoms with Gasteiger partial charge in [-0.25, -0.2) is 0 Å². The molecule has 0 aliphatic carbocycles. The number of aryl methyl sites for hydroxylation is 1. The molecule has 0 aliphatic rings. The quantitative estimate of drug-likeness (QED) is 0.846. The predicted molar refractivity (Wildman–Crippen MR) is 83.6 cm³/mol. The van der Waals surface area contributed by atoms with E-state index in [2.05, 4.69) is 0 Å². The van der Waals surface area contributed by atoms with Gasteiger partial charge in [0.1, 0.15) is 0 Å². The van der Waals surface area contributed by atoms with E-state index in [1.807, 2.05) is 66.4 Å². The Labute approximate surface area is 120 Å². The zero-order valence-electron chi connectivity index (χ0n) is 11.8. The fourth-order valence-electron chi connectivity index (χ4n) is 2.18. The highest BCUT2D eigenvalue weighted by molar-refractivity contribution is 5.93. The molecule has 104 valence electrons. The molecule has 0 spiro atoms. The number of nitrogens with zero attached hydrogens (tertiary/aromatic N) is 1. The van der Waals surface area contributed by atoms with Gasteiger partial charge in [-0.15, -0.1) is 0 Å². The lowest BCUT2D eigenvalue weighted by atomic mass is 10.1. The van der Waals surface area contributed by atoms with Crippen LogP contribution in [0.3, 0.4) is 0 Å². The summed E-state index contributed by atoms with van der Waals surface area (Å²) in [6.07, 6.45) is 1.25. The van der Waals surface area contributed by atoms with Crippen LogP contribution in [0.25, 0.3) is 0 Å². The van der Waals surface area contributed by atoms with Crippen LogP contribution in [0.1, 0.15) is 18.9 Å². The number of carbonyl (C=O) groups excluding carboxylic acids is 1. The lowest BCUT2D eigenvalue weighted by Crippen LogP contribution is -2.30. The molecule has 0 radical (unpaired) electrons. The molecule has 0 unspecified atom stereocenters. The summed E-state index contributed by atoms with van der Waals surface area (Å²) in [7, 11) is 0. The molecule has 0 saturated carbocycles. The van der Waals surface area contributed by atoms with Crippen LogP contribution >= 0.6 is 0 Å². The summed E-state index contributed by atoms with van der Waals surface area (Å²) >= 11 is 0. The van der Waals surface area contributed by atoms with Crippen molar-refractivity contribution in [2.45, 2.75) is 19.8 Å². The summed E-state index contributed by atoms with van der Waals surface area (Å²) in [5.41, 5.74) is 8.49. The number of nitrogen functional groups attached to an aromatic ring is 1. The third-order valence-electron chi connectivity index (χ3n) is 3.29. The number of amides is 1. The Morgan fingerprint density at radius 2 is 1.70 bits per heavy atom. The fraction of sp³-hybridized carbons (Fsp3) is 0.235. The smallest absolute Gasteiger partial charge is 0.227 e. The van der Waals surface area contributed by atoms with Gasteiger partial charge >= 0.3 is 0 Å². The van der Waals surface area contributed by atoms with Gasteiger partial charge in [0.25, 0.3) is 0 Å². The number of anilines is 2. The molecule has 0 saturated heterocycles. The zero-order chi connectivity index (χ0) is 14.4. The van der Waals surface area contributed by atoms with Crippen LogP contribution in [0, 0.1) is 0 Å². The minimum atomic E-state index is 0.149. The van der Waals surface area contributed by atoms with Crippen molar-refractivity contribution in [3.63, 3.8) is 0 Å². The summed E-state index contributed by atoms with van der Waals surface area (Å²) < 4.78 is 0. The number of para-hydroxylation sites is 1. The molecule has 20 heavy (non-hydrogen) atoms. The Morgan fingerprint density at radius 3 is 2.30 bits per heavy atom. The molecule has 0 aromatic heterocycles. The molecule has 0 heterocycles. The molecule has 3 nitrogen and oxygen atoms in total. The molecule has 1 amide bonds. The molecule has 0 atom stereocenters. The van der Waals surface area contributed by atoms with Crippen LogP contribution in [-0.4, -0.2) is 12.5 Å². The number of hydrogen-bond donors (Lipinski definition) is 1. The summed E-state index contributed by atoms with van der Waals surface area (Å²) in [5, 5.41) is 0. The van der Waals surface area contributed by atoms with Gasteiger partial charge in [0.2, 0.25) is 5.91 Å². The summed E-state index contributed by atoms with van der Waals surface area (Å²) in [6, 6.07) is 17.5. The van der Waals surface area contributed by atoms with Crippen LogP contribution in [-0.2, 0) is 11.2 Å². The Bertz CT molecular complexity index is 549. The van der Waals surface area contributed by atoms with E-state index in [9.17, 15) is 4.79 Å². The van der Waals surface area contributed by atoms with Crippen molar-refractivity contribution in [2.75, 3.05) is 17.2 Å². The first-order chi connectivity index (χ1) is 9.70. The number of benzene rings is 2. The standard InChI is InChI=1S/C17H20N2O/c1-2-19(16-6-4-3-5-7-16)17(20)13-10-14-8-11-15(18)12-9-14/h3-9,11-12H,2,10,13,18H2,1H3. The van der Waals surface area contributed by atoms with Crippen molar-refractivity contribution in [2.24, 2.45) is 0 Å². The number of nitrogens with two attached hydrogens (primary N) is 1. The molecule has 2 aromatic carbocycles. The fourth-order valence-corrected chi connectivity index (χ4v) is 2.18. The average molecular weight is 268 g/mol. The first kappa shape index (κ1) is 14.1. The molecular formula is C17H20N2O. The molecule has 2 aromatic rings. The topological polar surface area (TPSA) is 46.3 Å². The molecule has 0 bridgehead atoms. The SMILES string of the molecule is CCN(C(=O)CCc1ccc(N)cc1)c1ccccc1. The van der Waals surface area contributed by atoms with E-state index < -0.39 is 0 Å². The van der Waals surface area contributed by atoms with Gasteiger partial charge in [-0.05, 0) is 43.2 Å². The monoisotopic (exact) mass is 268 g/mol. The highest BCUT2D eigenvalue weighted by Crippen LogP contribution is 2.15. The summed E-state index contributed by atoms with van der Waals surface area (Å²) in [6.45, 7) is 2.68. The second kappa shape index (κ2) is 6.75. The van der Waals surface area contributed by atoms with Crippen molar-refractivity contribution in [3.8, 4) is 0 Å². The second-order valence-electron chi connectivity index (χ2n) is 4.72. The molecule has 2 rings (SSSR count). The normalized spacial score (nSPS) is 10.2. The highest BCUT2D eigenvalue weighted by atomic mass is 16.2. The van der Waals surface area contributed by atoms with E-state index in [-0.39, 0.29) is 5.91 Å². The van der Waals surface area contributed by atoms with Gasteiger partial charge in [0.15, 0.2) is 0 Å². The van der Waals surface area contributed by atoms with Gasteiger partial charge in [-0.3, -0.25) is 4.79 Å².